The molecule has 0 fully saturated rings. The second-order valence-corrected chi connectivity index (χ2v) is 4.32. The van der Waals surface area contributed by atoms with E-state index in [1.165, 1.54) is 17.3 Å². The molecule has 4 N–H and O–H groups in total. The van der Waals surface area contributed by atoms with Crippen molar-refractivity contribution in [3.63, 3.8) is 0 Å². The highest BCUT2D eigenvalue weighted by atomic mass is 16.1. The predicted molar refractivity (Wildman–Crippen MR) is 75.8 cm³/mol. The number of nitrogens with two attached hydrogens (primary N) is 1. The van der Waals surface area contributed by atoms with E-state index < -0.39 is 11.9 Å². The van der Waals surface area contributed by atoms with E-state index in [4.69, 9.17) is 5.73 Å². The molecule has 0 aliphatic rings. The number of hydrogen-bond acceptors (Lipinski definition) is 8. The number of nitrogens with one attached hydrogen (secondary N) is 2. The lowest BCUT2D eigenvalue weighted by Gasteiger charge is -2.12. The van der Waals surface area contributed by atoms with Crippen molar-refractivity contribution >= 4 is 17.8 Å². The Morgan fingerprint density at radius 2 is 2.14 bits per heavy atom. The third-order valence-corrected chi connectivity index (χ3v) is 2.55. The van der Waals surface area contributed by atoms with E-state index in [2.05, 4.69) is 35.7 Å². The summed E-state index contributed by atoms with van der Waals surface area (Å²) in [5, 5.41) is 9.85. The molecule has 10 nitrogen and oxygen atoms in total. The van der Waals surface area contributed by atoms with Crippen molar-refractivity contribution in [1.29, 1.82) is 0 Å². The lowest BCUT2D eigenvalue weighted by atomic mass is 10.3. The van der Waals surface area contributed by atoms with Crippen LogP contribution in [-0.4, -0.2) is 48.2 Å². The highest BCUT2D eigenvalue weighted by molar-refractivity contribution is 5.81. The van der Waals surface area contributed by atoms with E-state index in [1.54, 1.807) is 6.92 Å². The molecule has 10 heteroatoms. The van der Waals surface area contributed by atoms with Crippen molar-refractivity contribution in [2.24, 2.45) is 5.73 Å². The Hall–Kier alpha value is -2.78. The van der Waals surface area contributed by atoms with Crippen LogP contribution in [0.3, 0.4) is 0 Å². The van der Waals surface area contributed by atoms with E-state index in [9.17, 15) is 4.79 Å². The highest BCUT2D eigenvalue weighted by Crippen LogP contribution is 2.09. The van der Waals surface area contributed by atoms with Crippen LogP contribution >= 0.6 is 0 Å². The summed E-state index contributed by atoms with van der Waals surface area (Å²) in [5.74, 6) is 0.415. The third kappa shape index (κ3) is 3.84. The summed E-state index contributed by atoms with van der Waals surface area (Å²) in [6.45, 7) is 4.37. The van der Waals surface area contributed by atoms with Crippen LogP contribution in [0, 0.1) is 0 Å². The molecule has 0 bridgehead atoms. The number of hydrogen-bond donors (Lipinski definition) is 3. The van der Waals surface area contributed by atoms with Gasteiger partial charge in [-0.3, -0.25) is 4.79 Å². The van der Waals surface area contributed by atoms with Crippen LogP contribution in [0.4, 0.5) is 11.9 Å². The van der Waals surface area contributed by atoms with Gasteiger partial charge in [-0.15, -0.1) is 0 Å². The van der Waals surface area contributed by atoms with Gasteiger partial charge in [0.25, 0.3) is 5.95 Å². The Morgan fingerprint density at radius 3 is 2.76 bits per heavy atom. The summed E-state index contributed by atoms with van der Waals surface area (Å²) in [5.41, 5.74) is 5.22. The highest BCUT2D eigenvalue weighted by Gasteiger charge is 2.13. The summed E-state index contributed by atoms with van der Waals surface area (Å²) < 4.78 is 1.40. The van der Waals surface area contributed by atoms with Crippen molar-refractivity contribution in [2.75, 3.05) is 17.2 Å². The van der Waals surface area contributed by atoms with Crippen LogP contribution in [0.1, 0.15) is 20.3 Å². The van der Waals surface area contributed by atoms with Gasteiger partial charge in [-0.05, 0) is 13.3 Å². The minimum absolute atomic E-state index is 0.236. The first-order chi connectivity index (χ1) is 10.1. The largest absolute Gasteiger partial charge is 0.368 e. The van der Waals surface area contributed by atoms with Crippen LogP contribution in [0.15, 0.2) is 12.7 Å². The quantitative estimate of drug-likeness (QED) is 0.624. The number of rotatable bonds is 7. The average Bonchev–Trinajstić information content (AvgIpc) is 2.99. The van der Waals surface area contributed by atoms with Gasteiger partial charge in [-0.25, -0.2) is 4.98 Å². The van der Waals surface area contributed by atoms with E-state index in [0.29, 0.717) is 18.4 Å². The van der Waals surface area contributed by atoms with Gasteiger partial charge in [0.15, 0.2) is 0 Å². The maximum Gasteiger partial charge on any atom is 0.258 e. The standard InChI is InChI=1S/C11H17N9O/c1-3-4-14-9-17-10(16-7(2)8(12)21)19-11(18-9)20-6-13-5-15-20/h5-7H,3-4H2,1-2H3,(H2,12,21)(H2,14,16,17,18,19). The van der Waals surface area contributed by atoms with Crippen molar-refractivity contribution in [3.05, 3.63) is 12.7 Å². The average molecular weight is 291 g/mol. The van der Waals surface area contributed by atoms with E-state index in [1.807, 2.05) is 6.92 Å². The number of amides is 1. The lowest BCUT2D eigenvalue weighted by Crippen LogP contribution is -2.33. The molecule has 0 aliphatic heterocycles. The summed E-state index contributed by atoms with van der Waals surface area (Å²) >= 11 is 0. The Balaban J connectivity index is 2.30. The molecule has 0 saturated carbocycles. The first-order valence-electron chi connectivity index (χ1n) is 6.51. The molecule has 1 amide bonds. The number of anilines is 2. The zero-order valence-electron chi connectivity index (χ0n) is 11.8. The molecule has 0 aromatic carbocycles. The zero-order valence-corrected chi connectivity index (χ0v) is 11.8. The van der Waals surface area contributed by atoms with Crippen LogP contribution in [0.25, 0.3) is 5.95 Å². The molecular formula is C11H17N9O. The van der Waals surface area contributed by atoms with Gasteiger partial charge in [0.2, 0.25) is 17.8 Å². The molecule has 0 saturated heterocycles. The summed E-state index contributed by atoms with van der Waals surface area (Å²) in [4.78, 5) is 27.6. The predicted octanol–water partition coefficient (Wildman–Crippen LogP) is -0.440. The topological polar surface area (TPSA) is 137 Å². The Bertz CT molecular complexity index is 598. The Labute approximate surface area is 121 Å². The molecular weight excluding hydrogens is 274 g/mol. The molecule has 0 aliphatic carbocycles. The maximum absolute atomic E-state index is 11.1. The number of aromatic nitrogens is 6. The van der Waals surface area contributed by atoms with Gasteiger partial charge in [0.05, 0.1) is 0 Å². The van der Waals surface area contributed by atoms with Crippen LogP contribution < -0.4 is 16.4 Å². The van der Waals surface area contributed by atoms with Crippen LogP contribution in [-0.2, 0) is 4.79 Å². The maximum atomic E-state index is 11.1. The second-order valence-electron chi connectivity index (χ2n) is 4.32. The van der Waals surface area contributed by atoms with Crippen molar-refractivity contribution in [3.8, 4) is 5.95 Å². The van der Waals surface area contributed by atoms with Crippen molar-refractivity contribution < 1.29 is 4.79 Å². The molecule has 1 unspecified atom stereocenters. The molecule has 2 heterocycles. The molecule has 0 spiro atoms. The summed E-state index contributed by atoms with van der Waals surface area (Å²) in [7, 11) is 0. The van der Waals surface area contributed by atoms with Gasteiger partial charge in [-0.1, -0.05) is 6.92 Å². The van der Waals surface area contributed by atoms with Crippen molar-refractivity contribution in [2.45, 2.75) is 26.3 Å². The van der Waals surface area contributed by atoms with E-state index in [0.717, 1.165) is 6.42 Å². The van der Waals surface area contributed by atoms with E-state index in [-0.39, 0.29) is 5.95 Å². The molecule has 21 heavy (non-hydrogen) atoms. The SMILES string of the molecule is CCCNc1nc(NC(C)C(N)=O)nc(-n2cncn2)n1. The fraction of sp³-hybridized carbons (Fsp3) is 0.455. The fourth-order valence-electron chi connectivity index (χ4n) is 1.42. The molecule has 2 aromatic rings. The normalized spacial score (nSPS) is 11.9. The van der Waals surface area contributed by atoms with Gasteiger partial charge in [0, 0.05) is 6.54 Å². The molecule has 2 rings (SSSR count). The smallest absolute Gasteiger partial charge is 0.258 e. The number of carbonyl (C=O) groups excluding carboxylic acids is 1. The molecule has 1 atom stereocenters. The molecule has 2 aromatic heterocycles. The number of nitrogens with zero attached hydrogens (tertiary/aromatic N) is 6. The van der Waals surface area contributed by atoms with Gasteiger partial charge in [-0.2, -0.15) is 24.7 Å². The Morgan fingerprint density at radius 1 is 1.38 bits per heavy atom. The first-order valence-corrected chi connectivity index (χ1v) is 6.51. The second kappa shape index (κ2) is 6.59. The van der Waals surface area contributed by atoms with Gasteiger partial charge >= 0.3 is 0 Å². The van der Waals surface area contributed by atoms with E-state index >= 15 is 0 Å². The fourth-order valence-corrected chi connectivity index (χ4v) is 1.42. The zero-order chi connectivity index (χ0) is 15.2. The molecule has 0 radical (unpaired) electrons. The third-order valence-electron chi connectivity index (χ3n) is 2.55. The van der Waals surface area contributed by atoms with Crippen molar-refractivity contribution in [1.82, 2.24) is 29.7 Å². The summed E-state index contributed by atoms with van der Waals surface area (Å²) in [6.07, 6.45) is 3.77. The van der Waals surface area contributed by atoms with Crippen LogP contribution in [0.2, 0.25) is 0 Å². The van der Waals surface area contributed by atoms with Crippen LogP contribution in [0.5, 0.6) is 0 Å². The minimum atomic E-state index is -0.602. The lowest BCUT2D eigenvalue weighted by molar-refractivity contribution is -0.118. The van der Waals surface area contributed by atoms with Gasteiger partial charge in [0.1, 0.15) is 18.7 Å². The summed E-state index contributed by atoms with van der Waals surface area (Å²) in [6, 6.07) is -0.602. The Kier molecular flexibility index (Phi) is 4.59. The van der Waals surface area contributed by atoms with Gasteiger partial charge < -0.3 is 16.4 Å². The monoisotopic (exact) mass is 291 g/mol. The number of carbonyl (C=O) groups is 1. The minimum Gasteiger partial charge on any atom is -0.368 e. The number of primary amides is 1. The first kappa shape index (κ1) is 14.6. The molecule has 112 valence electrons.